The van der Waals surface area contributed by atoms with Gasteiger partial charge in [0.15, 0.2) is 0 Å². The number of aryl methyl sites for hydroxylation is 1. The van der Waals surface area contributed by atoms with Crippen LogP contribution in [-0.4, -0.2) is 4.98 Å². The summed E-state index contributed by atoms with van der Waals surface area (Å²) in [5.74, 6) is 0.682. The Morgan fingerprint density at radius 1 is 1.54 bits per heavy atom. The molecular formula is C10H16N2S. The molecule has 1 aromatic rings. The van der Waals surface area contributed by atoms with Gasteiger partial charge in [-0.3, -0.25) is 0 Å². The highest BCUT2D eigenvalue weighted by atomic mass is 32.1. The van der Waals surface area contributed by atoms with Crippen molar-refractivity contribution >= 4 is 16.3 Å². The molecule has 1 aromatic heterocycles. The van der Waals surface area contributed by atoms with Crippen molar-refractivity contribution in [2.75, 3.05) is 5.73 Å². The number of rotatable bonds is 3. The van der Waals surface area contributed by atoms with E-state index in [1.165, 1.54) is 30.0 Å². The molecule has 1 aliphatic rings. The van der Waals surface area contributed by atoms with Crippen molar-refractivity contribution in [3.05, 3.63) is 10.7 Å². The second kappa shape index (κ2) is 3.66. The number of thiazole rings is 1. The first-order chi connectivity index (χ1) is 6.31. The SMILES string of the molecule is CCCc1nc(C2CCC2)c(N)s1. The zero-order chi connectivity index (χ0) is 9.26. The van der Waals surface area contributed by atoms with Crippen molar-refractivity contribution in [3.8, 4) is 0 Å². The monoisotopic (exact) mass is 196 g/mol. The topological polar surface area (TPSA) is 38.9 Å². The zero-order valence-corrected chi connectivity index (χ0v) is 8.86. The maximum absolute atomic E-state index is 5.94. The first-order valence-electron chi connectivity index (χ1n) is 5.06. The van der Waals surface area contributed by atoms with Crippen LogP contribution in [0, 0.1) is 0 Å². The number of nitrogens with zero attached hydrogens (tertiary/aromatic N) is 1. The maximum Gasteiger partial charge on any atom is 0.110 e. The van der Waals surface area contributed by atoms with Crippen LogP contribution >= 0.6 is 11.3 Å². The fourth-order valence-electron chi connectivity index (χ4n) is 1.69. The van der Waals surface area contributed by atoms with Crippen molar-refractivity contribution in [2.24, 2.45) is 0 Å². The van der Waals surface area contributed by atoms with E-state index in [9.17, 15) is 0 Å². The largest absolute Gasteiger partial charge is 0.389 e. The average molecular weight is 196 g/mol. The van der Waals surface area contributed by atoms with Gasteiger partial charge in [0.05, 0.1) is 10.7 Å². The number of nitrogen functional groups attached to an aromatic ring is 1. The highest BCUT2D eigenvalue weighted by molar-refractivity contribution is 7.15. The average Bonchev–Trinajstić information content (AvgIpc) is 2.30. The predicted octanol–water partition coefficient (Wildman–Crippen LogP) is 2.95. The lowest BCUT2D eigenvalue weighted by molar-refractivity contribution is 0.413. The smallest absolute Gasteiger partial charge is 0.110 e. The third-order valence-corrected chi connectivity index (χ3v) is 3.64. The molecule has 2 nitrogen and oxygen atoms in total. The molecule has 2 rings (SSSR count). The van der Waals surface area contributed by atoms with Crippen LogP contribution in [0.1, 0.15) is 49.2 Å². The highest BCUT2D eigenvalue weighted by Gasteiger charge is 2.24. The van der Waals surface area contributed by atoms with E-state index in [1.807, 2.05) is 0 Å². The Hall–Kier alpha value is -0.570. The van der Waals surface area contributed by atoms with Gasteiger partial charge in [-0.1, -0.05) is 13.3 Å². The van der Waals surface area contributed by atoms with Gasteiger partial charge >= 0.3 is 0 Å². The van der Waals surface area contributed by atoms with E-state index in [4.69, 9.17) is 5.73 Å². The Labute approximate surface area is 83.2 Å². The highest BCUT2D eigenvalue weighted by Crippen LogP contribution is 2.40. The van der Waals surface area contributed by atoms with Crippen LogP contribution in [0.4, 0.5) is 5.00 Å². The lowest BCUT2D eigenvalue weighted by atomic mass is 9.83. The second-order valence-corrected chi connectivity index (χ2v) is 4.85. The second-order valence-electron chi connectivity index (χ2n) is 3.73. The Morgan fingerprint density at radius 2 is 2.31 bits per heavy atom. The quantitative estimate of drug-likeness (QED) is 0.807. The molecule has 0 atom stereocenters. The summed E-state index contributed by atoms with van der Waals surface area (Å²) >= 11 is 1.68. The molecule has 1 aliphatic carbocycles. The van der Waals surface area contributed by atoms with Crippen LogP contribution in [0.5, 0.6) is 0 Å². The number of nitrogens with two attached hydrogens (primary N) is 1. The van der Waals surface area contributed by atoms with Crippen molar-refractivity contribution in [1.82, 2.24) is 4.98 Å². The van der Waals surface area contributed by atoms with Crippen molar-refractivity contribution in [2.45, 2.75) is 44.9 Å². The molecule has 13 heavy (non-hydrogen) atoms. The first kappa shape index (κ1) is 9.00. The molecule has 0 saturated heterocycles. The van der Waals surface area contributed by atoms with E-state index >= 15 is 0 Å². The number of aromatic nitrogens is 1. The van der Waals surface area contributed by atoms with Crippen molar-refractivity contribution < 1.29 is 0 Å². The van der Waals surface area contributed by atoms with Gasteiger partial charge in [0.2, 0.25) is 0 Å². The fourth-order valence-corrected chi connectivity index (χ4v) is 2.71. The fraction of sp³-hybridized carbons (Fsp3) is 0.700. The summed E-state index contributed by atoms with van der Waals surface area (Å²) in [6.45, 7) is 2.18. The maximum atomic E-state index is 5.94. The molecule has 1 saturated carbocycles. The molecule has 1 heterocycles. The molecule has 0 radical (unpaired) electrons. The minimum absolute atomic E-state index is 0.682. The van der Waals surface area contributed by atoms with Crippen LogP contribution in [0.3, 0.4) is 0 Å². The van der Waals surface area contributed by atoms with Gasteiger partial charge in [-0.25, -0.2) is 4.98 Å². The van der Waals surface area contributed by atoms with Gasteiger partial charge in [0.1, 0.15) is 5.00 Å². The summed E-state index contributed by atoms with van der Waals surface area (Å²) < 4.78 is 0. The van der Waals surface area contributed by atoms with E-state index in [-0.39, 0.29) is 0 Å². The van der Waals surface area contributed by atoms with Gasteiger partial charge in [0.25, 0.3) is 0 Å². The van der Waals surface area contributed by atoms with Crippen LogP contribution in [0.25, 0.3) is 0 Å². The molecule has 72 valence electrons. The summed E-state index contributed by atoms with van der Waals surface area (Å²) in [5.41, 5.74) is 7.13. The lowest BCUT2D eigenvalue weighted by Gasteiger charge is -2.23. The van der Waals surface area contributed by atoms with E-state index < -0.39 is 0 Å². The van der Waals surface area contributed by atoms with Crippen molar-refractivity contribution in [3.63, 3.8) is 0 Å². The van der Waals surface area contributed by atoms with Gasteiger partial charge in [-0.05, 0) is 25.7 Å². The van der Waals surface area contributed by atoms with Crippen LogP contribution in [0.15, 0.2) is 0 Å². The standard InChI is InChI=1S/C10H16N2S/c1-2-4-8-12-9(10(11)13-8)7-5-3-6-7/h7H,2-6,11H2,1H3. The minimum atomic E-state index is 0.682. The van der Waals surface area contributed by atoms with Crippen LogP contribution in [-0.2, 0) is 6.42 Å². The Balaban J connectivity index is 2.15. The molecule has 0 bridgehead atoms. The summed E-state index contributed by atoms with van der Waals surface area (Å²) in [7, 11) is 0. The van der Waals surface area contributed by atoms with E-state index in [0.29, 0.717) is 5.92 Å². The normalized spacial score (nSPS) is 17.3. The van der Waals surface area contributed by atoms with E-state index in [1.54, 1.807) is 11.3 Å². The number of hydrogen-bond donors (Lipinski definition) is 1. The number of anilines is 1. The summed E-state index contributed by atoms with van der Waals surface area (Å²) in [5, 5.41) is 2.19. The molecule has 0 aromatic carbocycles. The van der Waals surface area contributed by atoms with E-state index in [2.05, 4.69) is 11.9 Å². The Bertz CT molecular complexity index is 289. The van der Waals surface area contributed by atoms with Crippen LogP contribution < -0.4 is 5.73 Å². The molecule has 1 fully saturated rings. The number of hydrogen-bond acceptors (Lipinski definition) is 3. The van der Waals surface area contributed by atoms with Gasteiger partial charge in [0, 0.05) is 5.92 Å². The molecule has 2 N–H and O–H groups in total. The van der Waals surface area contributed by atoms with Crippen molar-refractivity contribution in [1.29, 1.82) is 0 Å². The third-order valence-electron chi connectivity index (χ3n) is 2.68. The molecule has 3 heteroatoms. The predicted molar refractivity (Wildman–Crippen MR) is 57.1 cm³/mol. The Kier molecular flexibility index (Phi) is 2.54. The molecule has 0 unspecified atom stereocenters. The van der Waals surface area contributed by atoms with Gasteiger partial charge in [-0.2, -0.15) is 0 Å². The first-order valence-corrected chi connectivity index (χ1v) is 5.88. The molecular weight excluding hydrogens is 180 g/mol. The summed E-state index contributed by atoms with van der Waals surface area (Å²) in [4.78, 5) is 4.62. The zero-order valence-electron chi connectivity index (χ0n) is 8.05. The lowest BCUT2D eigenvalue weighted by Crippen LogP contribution is -2.10. The summed E-state index contributed by atoms with van der Waals surface area (Å²) in [6, 6.07) is 0. The van der Waals surface area contributed by atoms with Gasteiger partial charge < -0.3 is 5.73 Å². The summed E-state index contributed by atoms with van der Waals surface area (Å²) in [6.07, 6.45) is 6.18. The van der Waals surface area contributed by atoms with Crippen LogP contribution in [0.2, 0.25) is 0 Å². The third kappa shape index (κ3) is 1.70. The Morgan fingerprint density at radius 3 is 2.85 bits per heavy atom. The molecule has 0 aliphatic heterocycles. The van der Waals surface area contributed by atoms with Gasteiger partial charge in [-0.15, -0.1) is 11.3 Å². The molecule has 0 spiro atoms. The minimum Gasteiger partial charge on any atom is -0.389 e. The van der Waals surface area contributed by atoms with E-state index in [0.717, 1.165) is 17.8 Å². The molecule has 0 amide bonds.